The number of hydrogen-bond donors (Lipinski definition) is 0. The summed E-state index contributed by atoms with van der Waals surface area (Å²) in [5, 5.41) is 20.2. The molecule has 0 atom stereocenters. The van der Waals surface area contributed by atoms with E-state index in [-0.39, 0.29) is 17.2 Å². The number of nitrogens with zero attached hydrogens (tertiary/aromatic N) is 4. The fraction of sp³-hybridized carbons (Fsp3) is 0.300. The lowest BCUT2D eigenvalue weighted by Crippen LogP contribution is -2.49. The summed E-state index contributed by atoms with van der Waals surface area (Å²) in [6.07, 6.45) is 0. The quantitative estimate of drug-likeness (QED) is 0.584. The topological polar surface area (TPSA) is 99.7 Å². The summed E-state index contributed by atoms with van der Waals surface area (Å²) >= 11 is 0. The van der Waals surface area contributed by atoms with Crippen molar-refractivity contribution in [3.63, 3.8) is 0 Å². The van der Waals surface area contributed by atoms with E-state index < -0.39 is 4.92 Å². The van der Waals surface area contributed by atoms with E-state index in [2.05, 4.69) is 0 Å². The highest BCUT2D eigenvalue weighted by Crippen LogP contribution is 2.26. The number of ether oxygens (including phenoxy) is 1. The lowest BCUT2D eigenvalue weighted by atomic mass is 10.1. The van der Waals surface area contributed by atoms with Gasteiger partial charge in [-0.15, -0.1) is 0 Å². The molecule has 0 N–H and O–H groups in total. The van der Waals surface area contributed by atoms with Crippen LogP contribution in [0.2, 0.25) is 0 Å². The second-order valence-corrected chi connectivity index (χ2v) is 6.31. The SMILES string of the molecule is CCOc1cccc(C(=O)N2CCN(c3ccc([N+](=O)[O-])cc3C#N)CC2)c1. The van der Waals surface area contributed by atoms with Crippen molar-refractivity contribution >= 4 is 17.3 Å². The molecule has 1 fully saturated rings. The second-order valence-electron chi connectivity index (χ2n) is 6.31. The van der Waals surface area contributed by atoms with Gasteiger partial charge >= 0.3 is 0 Å². The average Bonchev–Trinajstić information content (AvgIpc) is 2.73. The van der Waals surface area contributed by atoms with Crippen LogP contribution in [0.5, 0.6) is 5.75 Å². The maximum atomic E-state index is 12.8. The normalized spacial score (nSPS) is 13.7. The predicted octanol–water partition coefficient (Wildman–Crippen LogP) is 2.83. The molecule has 28 heavy (non-hydrogen) atoms. The molecule has 3 rings (SSSR count). The Labute approximate surface area is 162 Å². The second kappa shape index (κ2) is 8.39. The molecule has 2 aromatic carbocycles. The van der Waals surface area contributed by atoms with Gasteiger partial charge in [-0.1, -0.05) is 6.07 Å². The minimum absolute atomic E-state index is 0.0644. The molecular weight excluding hydrogens is 360 g/mol. The van der Waals surface area contributed by atoms with E-state index in [1.165, 1.54) is 12.1 Å². The van der Waals surface area contributed by atoms with E-state index >= 15 is 0 Å². The third-order valence-corrected chi connectivity index (χ3v) is 4.61. The molecular formula is C20H20N4O4. The van der Waals surface area contributed by atoms with Crippen molar-refractivity contribution < 1.29 is 14.5 Å². The van der Waals surface area contributed by atoms with E-state index in [1.54, 1.807) is 29.2 Å². The van der Waals surface area contributed by atoms with Crippen molar-refractivity contribution in [3.8, 4) is 11.8 Å². The Morgan fingerprint density at radius 3 is 2.61 bits per heavy atom. The van der Waals surface area contributed by atoms with Crippen LogP contribution < -0.4 is 9.64 Å². The van der Waals surface area contributed by atoms with Crippen molar-refractivity contribution in [2.75, 3.05) is 37.7 Å². The van der Waals surface area contributed by atoms with Crippen LogP contribution in [0, 0.1) is 21.4 Å². The highest BCUT2D eigenvalue weighted by atomic mass is 16.6. The third-order valence-electron chi connectivity index (χ3n) is 4.61. The van der Waals surface area contributed by atoms with Gasteiger partial charge in [-0.05, 0) is 31.2 Å². The number of nitro groups is 1. The Morgan fingerprint density at radius 1 is 1.21 bits per heavy atom. The molecule has 0 bridgehead atoms. The number of nitro benzene ring substituents is 1. The first-order valence-corrected chi connectivity index (χ1v) is 8.99. The van der Waals surface area contributed by atoms with Crippen LogP contribution in [-0.4, -0.2) is 48.5 Å². The lowest BCUT2D eigenvalue weighted by Gasteiger charge is -2.36. The van der Waals surface area contributed by atoms with E-state index in [4.69, 9.17) is 4.74 Å². The number of rotatable bonds is 5. The van der Waals surface area contributed by atoms with E-state index in [1.807, 2.05) is 24.0 Å². The number of non-ortho nitro benzene ring substituents is 1. The molecule has 1 heterocycles. The van der Waals surface area contributed by atoms with Crippen LogP contribution in [0.3, 0.4) is 0 Å². The first-order valence-electron chi connectivity index (χ1n) is 8.99. The number of benzene rings is 2. The standard InChI is InChI=1S/C20H20N4O4/c1-2-28-18-5-3-4-15(13-18)20(25)23-10-8-22(9-11-23)19-7-6-17(24(26)27)12-16(19)14-21/h3-7,12-13H,2,8-11H2,1H3. The molecule has 0 saturated carbocycles. The minimum atomic E-state index is -0.516. The zero-order valence-electron chi connectivity index (χ0n) is 15.5. The van der Waals surface area contributed by atoms with Gasteiger partial charge in [0.25, 0.3) is 11.6 Å². The van der Waals surface area contributed by atoms with E-state index in [0.29, 0.717) is 49.8 Å². The molecule has 0 aromatic heterocycles. The Morgan fingerprint density at radius 2 is 1.96 bits per heavy atom. The number of hydrogen-bond acceptors (Lipinski definition) is 6. The minimum Gasteiger partial charge on any atom is -0.494 e. The number of amides is 1. The Hall–Kier alpha value is -3.60. The van der Waals surface area contributed by atoms with Gasteiger partial charge in [-0.25, -0.2) is 0 Å². The molecule has 8 nitrogen and oxygen atoms in total. The maximum absolute atomic E-state index is 12.8. The Balaban J connectivity index is 1.69. The van der Waals surface area contributed by atoms with Crippen LogP contribution in [0.15, 0.2) is 42.5 Å². The van der Waals surface area contributed by atoms with Crippen molar-refractivity contribution in [1.82, 2.24) is 4.90 Å². The molecule has 0 spiro atoms. The van der Waals surface area contributed by atoms with E-state index in [0.717, 1.165) is 0 Å². The van der Waals surface area contributed by atoms with Gasteiger partial charge in [0.1, 0.15) is 11.8 Å². The molecule has 1 amide bonds. The van der Waals surface area contributed by atoms with Gasteiger partial charge < -0.3 is 14.5 Å². The predicted molar refractivity (Wildman–Crippen MR) is 104 cm³/mol. The first kappa shape index (κ1) is 19.2. The van der Waals surface area contributed by atoms with Gasteiger partial charge in [0.15, 0.2) is 0 Å². The third kappa shape index (κ3) is 4.04. The number of nitriles is 1. The summed E-state index contributed by atoms with van der Waals surface area (Å²) in [5.74, 6) is 0.599. The molecule has 0 aliphatic carbocycles. The highest BCUT2D eigenvalue weighted by Gasteiger charge is 2.24. The van der Waals surface area contributed by atoms with Gasteiger partial charge in [0, 0.05) is 43.9 Å². The fourth-order valence-corrected chi connectivity index (χ4v) is 3.22. The Bertz CT molecular complexity index is 930. The van der Waals surface area contributed by atoms with Crippen LogP contribution in [0.1, 0.15) is 22.8 Å². The number of anilines is 1. The summed E-state index contributed by atoms with van der Waals surface area (Å²) in [5.41, 5.74) is 1.38. The van der Waals surface area contributed by atoms with Crippen LogP contribution >= 0.6 is 0 Å². The molecule has 144 valence electrons. The van der Waals surface area contributed by atoms with Gasteiger partial charge in [-0.2, -0.15) is 5.26 Å². The fourth-order valence-electron chi connectivity index (χ4n) is 3.22. The van der Waals surface area contributed by atoms with Gasteiger partial charge in [0.05, 0.1) is 22.8 Å². The summed E-state index contributed by atoms with van der Waals surface area (Å²) < 4.78 is 5.45. The van der Waals surface area contributed by atoms with Gasteiger partial charge in [0.2, 0.25) is 0 Å². The lowest BCUT2D eigenvalue weighted by molar-refractivity contribution is -0.384. The average molecular weight is 380 g/mol. The molecule has 2 aromatic rings. The zero-order chi connectivity index (χ0) is 20.1. The number of piperazine rings is 1. The number of carbonyl (C=O) groups excluding carboxylic acids is 1. The summed E-state index contributed by atoms with van der Waals surface area (Å²) in [4.78, 5) is 26.9. The smallest absolute Gasteiger partial charge is 0.270 e. The van der Waals surface area contributed by atoms with Crippen molar-refractivity contribution in [3.05, 3.63) is 63.7 Å². The van der Waals surface area contributed by atoms with E-state index in [9.17, 15) is 20.2 Å². The monoisotopic (exact) mass is 380 g/mol. The molecule has 1 aliphatic heterocycles. The van der Waals surface area contributed by atoms with Crippen LogP contribution in [0.4, 0.5) is 11.4 Å². The summed E-state index contributed by atoms with van der Waals surface area (Å²) in [6, 6.07) is 13.4. The maximum Gasteiger partial charge on any atom is 0.270 e. The van der Waals surface area contributed by atoms with Crippen molar-refractivity contribution in [2.45, 2.75) is 6.92 Å². The molecule has 8 heteroatoms. The molecule has 0 radical (unpaired) electrons. The summed E-state index contributed by atoms with van der Waals surface area (Å²) in [7, 11) is 0. The molecule has 1 saturated heterocycles. The molecule has 1 aliphatic rings. The summed E-state index contributed by atoms with van der Waals surface area (Å²) in [6.45, 7) is 4.51. The van der Waals surface area contributed by atoms with Crippen LogP contribution in [-0.2, 0) is 0 Å². The van der Waals surface area contributed by atoms with Crippen molar-refractivity contribution in [1.29, 1.82) is 5.26 Å². The van der Waals surface area contributed by atoms with Crippen LogP contribution in [0.25, 0.3) is 0 Å². The van der Waals surface area contributed by atoms with Crippen molar-refractivity contribution in [2.24, 2.45) is 0 Å². The zero-order valence-corrected chi connectivity index (χ0v) is 15.5. The number of carbonyl (C=O) groups is 1. The highest BCUT2D eigenvalue weighted by molar-refractivity contribution is 5.94. The largest absolute Gasteiger partial charge is 0.494 e. The first-order chi connectivity index (χ1) is 13.5. The molecule has 0 unspecified atom stereocenters. The van der Waals surface area contributed by atoms with Gasteiger partial charge in [-0.3, -0.25) is 14.9 Å². The Kier molecular flexibility index (Phi) is 5.75.